The van der Waals surface area contributed by atoms with Gasteiger partial charge in [-0.25, -0.2) is 4.79 Å². The molecule has 0 aliphatic carbocycles. The van der Waals surface area contributed by atoms with Crippen LogP contribution in [0.15, 0.2) is 42.7 Å². The second-order valence-corrected chi connectivity index (χ2v) is 7.32. The number of hydrogen-bond acceptors (Lipinski definition) is 3. The van der Waals surface area contributed by atoms with Crippen LogP contribution in [0.2, 0.25) is 0 Å². The molecular weight excluding hydrogens is 314 g/mol. The van der Waals surface area contributed by atoms with Gasteiger partial charge in [-0.15, -0.1) is 0 Å². The maximum atomic E-state index is 12.1. The summed E-state index contributed by atoms with van der Waals surface area (Å²) in [4.78, 5) is 13.8. The molecule has 0 aliphatic rings. The first-order chi connectivity index (χ1) is 11.7. The van der Waals surface area contributed by atoms with E-state index in [0.717, 1.165) is 6.42 Å². The van der Waals surface area contributed by atoms with E-state index >= 15 is 0 Å². The summed E-state index contributed by atoms with van der Waals surface area (Å²) in [5.41, 5.74) is 1.21. The lowest BCUT2D eigenvalue weighted by Gasteiger charge is -2.29. The Hall–Kier alpha value is -1.81. The molecule has 1 N–H and O–H groups in total. The van der Waals surface area contributed by atoms with Crippen LogP contribution in [0.25, 0.3) is 0 Å². The predicted molar refractivity (Wildman–Crippen MR) is 102 cm³/mol. The van der Waals surface area contributed by atoms with Crippen LogP contribution in [-0.4, -0.2) is 34.3 Å². The summed E-state index contributed by atoms with van der Waals surface area (Å²) in [6.07, 6.45) is 3.11. The SMILES string of the molecule is CC(C)N(C(=O)O/C=C\[C@H](C)[C@H](O)[C@H](C)Cc1ccccc1)C(C)C. The van der Waals surface area contributed by atoms with Crippen molar-refractivity contribution in [3.8, 4) is 0 Å². The Kier molecular flexibility index (Phi) is 8.70. The standard InChI is InChI=1S/C21H33NO3/c1-15(2)22(16(3)4)21(24)25-13-12-17(5)20(23)18(6)14-19-10-8-7-9-11-19/h7-13,15-18,20,23H,14H2,1-6H3/b13-12-/t17-,18+,20-/m0/s1. The number of ether oxygens (including phenoxy) is 1. The zero-order valence-electron chi connectivity index (χ0n) is 16.3. The number of benzene rings is 1. The van der Waals surface area contributed by atoms with Gasteiger partial charge < -0.3 is 14.7 Å². The molecule has 0 saturated carbocycles. The number of nitrogens with zero attached hydrogens (tertiary/aromatic N) is 1. The third-order valence-corrected chi connectivity index (χ3v) is 4.40. The highest BCUT2D eigenvalue weighted by molar-refractivity contribution is 5.68. The Labute approximate surface area is 152 Å². The molecule has 4 nitrogen and oxygen atoms in total. The van der Waals surface area contributed by atoms with E-state index in [9.17, 15) is 9.90 Å². The molecule has 0 spiro atoms. The molecule has 140 valence electrons. The average molecular weight is 347 g/mol. The molecule has 1 rings (SSSR count). The van der Waals surface area contributed by atoms with Gasteiger partial charge in [0.25, 0.3) is 0 Å². The first kappa shape index (κ1) is 21.2. The second-order valence-electron chi connectivity index (χ2n) is 7.32. The number of aliphatic hydroxyl groups is 1. The molecule has 0 aliphatic heterocycles. The Balaban J connectivity index is 2.54. The van der Waals surface area contributed by atoms with E-state index in [2.05, 4.69) is 12.1 Å². The average Bonchev–Trinajstić information content (AvgIpc) is 2.54. The van der Waals surface area contributed by atoms with Gasteiger partial charge in [-0.1, -0.05) is 44.2 Å². The molecule has 0 saturated heterocycles. The first-order valence-corrected chi connectivity index (χ1v) is 9.11. The lowest BCUT2D eigenvalue weighted by atomic mass is 9.88. The van der Waals surface area contributed by atoms with Crippen molar-refractivity contribution in [3.63, 3.8) is 0 Å². The van der Waals surface area contributed by atoms with Gasteiger partial charge in [-0.2, -0.15) is 0 Å². The van der Waals surface area contributed by atoms with Crippen molar-refractivity contribution in [1.82, 2.24) is 4.90 Å². The molecule has 0 radical (unpaired) electrons. The van der Waals surface area contributed by atoms with Crippen molar-refractivity contribution in [3.05, 3.63) is 48.2 Å². The third-order valence-electron chi connectivity index (χ3n) is 4.40. The highest BCUT2D eigenvalue weighted by atomic mass is 16.5. The smallest absolute Gasteiger partial charge is 0.415 e. The molecule has 3 atom stereocenters. The van der Waals surface area contributed by atoms with Gasteiger partial charge in [0.15, 0.2) is 0 Å². The van der Waals surface area contributed by atoms with Crippen molar-refractivity contribution in [2.45, 2.75) is 66.2 Å². The number of hydrogen-bond donors (Lipinski definition) is 1. The predicted octanol–water partition coefficient (Wildman–Crippen LogP) is 4.63. The second kappa shape index (κ2) is 10.2. The molecule has 4 heteroatoms. The van der Waals surface area contributed by atoms with Crippen molar-refractivity contribution in [1.29, 1.82) is 0 Å². The van der Waals surface area contributed by atoms with Crippen LogP contribution in [0.4, 0.5) is 4.79 Å². The highest BCUT2D eigenvalue weighted by Crippen LogP contribution is 2.19. The Morgan fingerprint density at radius 2 is 1.64 bits per heavy atom. The lowest BCUT2D eigenvalue weighted by Crippen LogP contribution is -2.41. The number of carbonyl (C=O) groups excluding carboxylic acids is 1. The van der Waals surface area contributed by atoms with E-state index < -0.39 is 6.10 Å². The molecule has 0 heterocycles. The Morgan fingerprint density at radius 3 is 2.16 bits per heavy atom. The highest BCUT2D eigenvalue weighted by Gasteiger charge is 2.22. The maximum Gasteiger partial charge on any atom is 0.415 e. The van der Waals surface area contributed by atoms with Crippen molar-refractivity contribution in [2.24, 2.45) is 11.8 Å². The summed E-state index contributed by atoms with van der Waals surface area (Å²) in [6.45, 7) is 11.8. The van der Waals surface area contributed by atoms with Gasteiger partial charge in [0.05, 0.1) is 12.4 Å². The van der Waals surface area contributed by atoms with E-state index in [-0.39, 0.29) is 30.0 Å². The summed E-state index contributed by atoms with van der Waals surface area (Å²) in [5, 5.41) is 10.5. The summed E-state index contributed by atoms with van der Waals surface area (Å²) in [5.74, 6) is 0.0126. The molecule has 25 heavy (non-hydrogen) atoms. The fraction of sp³-hybridized carbons (Fsp3) is 0.571. The van der Waals surface area contributed by atoms with Crippen molar-refractivity contribution < 1.29 is 14.6 Å². The van der Waals surface area contributed by atoms with Gasteiger partial charge in [-0.05, 0) is 51.7 Å². The minimum absolute atomic E-state index is 0.0785. The van der Waals surface area contributed by atoms with Gasteiger partial charge in [0.2, 0.25) is 0 Å². The minimum Gasteiger partial charge on any atom is -0.418 e. The molecule has 0 bridgehead atoms. The van der Waals surface area contributed by atoms with Crippen LogP contribution >= 0.6 is 0 Å². The molecule has 0 unspecified atom stereocenters. The van der Waals surface area contributed by atoms with Gasteiger partial charge in [0.1, 0.15) is 0 Å². The fourth-order valence-electron chi connectivity index (χ4n) is 3.04. The normalized spacial score (nSPS) is 15.4. The number of carbonyl (C=O) groups is 1. The van der Waals surface area contributed by atoms with Crippen LogP contribution in [0.5, 0.6) is 0 Å². The van der Waals surface area contributed by atoms with Crippen LogP contribution in [0.3, 0.4) is 0 Å². The summed E-state index contributed by atoms with van der Waals surface area (Å²) in [6, 6.07) is 10.3. The first-order valence-electron chi connectivity index (χ1n) is 9.11. The lowest BCUT2D eigenvalue weighted by molar-refractivity contribution is 0.0805. The molecule has 0 aromatic heterocycles. The van der Waals surface area contributed by atoms with Crippen LogP contribution < -0.4 is 0 Å². The van der Waals surface area contributed by atoms with E-state index in [1.54, 1.807) is 11.0 Å². The number of rotatable bonds is 8. The Morgan fingerprint density at radius 1 is 1.08 bits per heavy atom. The zero-order valence-corrected chi connectivity index (χ0v) is 16.3. The zero-order chi connectivity index (χ0) is 19.0. The molecular formula is C21H33NO3. The summed E-state index contributed by atoms with van der Waals surface area (Å²) >= 11 is 0. The van der Waals surface area contributed by atoms with E-state index in [0.29, 0.717) is 0 Å². The van der Waals surface area contributed by atoms with Gasteiger partial charge in [-0.3, -0.25) is 0 Å². The summed E-state index contributed by atoms with van der Waals surface area (Å²) < 4.78 is 5.24. The molecule has 0 fully saturated rings. The van der Waals surface area contributed by atoms with E-state index in [1.807, 2.05) is 59.7 Å². The van der Waals surface area contributed by atoms with Gasteiger partial charge >= 0.3 is 6.09 Å². The maximum absolute atomic E-state index is 12.1. The molecule has 1 aromatic rings. The van der Waals surface area contributed by atoms with Crippen molar-refractivity contribution in [2.75, 3.05) is 0 Å². The monoisotopic (exact) mass is 347 g/mol. The number of amides is 1. The Bertz CT molecular complexity index is 531. The third kappa shape index (κ3) is 6.91. The van der Waals surface area contributed by atoms with Crippen LogP contribution in [0, 0.1) is 11.8 Å². The minimum atomic E-state index is -0.499. The fourth-order valence-corrected chi connectivity index (χ4v) is 3.04. The van der Waals surface area contributed by atoms with Crippen molar-refractivity contribution >= 4 is 6.09 Å². The van der Waals surface area contributed by atoms with Gasteiger partial charge in [0, 0.05) is 18.0 Å². The van der Waals surface area contributed by atoms with Crippen LogP contribution in [-0.2, 0) is 11.2 Å². The molecule has 1 aromatic carbocycles. The van der Waals surface area contributed by atoms with E-state index in [1.165, 1.54) is 11.8 Å². The quantitative estimate of drug-likeness (QED) is 0.698. The number of aliphatic hydroxyl groups excluding tert-OH is 1. The van der Waals surface area contributed by atoms with E-state index in [4.69, 9.17) is 4.74 Å². The summed E-state index contributed by atoms with van der Waals surface area (Å²) in [7, 11) is 0. The van der Waals surface area contributed by atoms with Crippen LogP contribution in [0.1, 0.15) is 47.1 Å². The largest absolute Gasteiger partial charge is 0.418 e. The topological polar surface area (TPSA) is 49.8 Å². The molecule has 1 amide bonds.